The van der Waals surface area contributed by atoms with Crippen LogP contribution in [0.25, 0.3) is 11.9 Å². The van der Waals surface area contributed by atoms with Gasteiger partial charge in [0.1, 0.15) is 5.83 Å². The summed E-state index contributed by atoms with van der Waals surface area (Å²) in [5.74, 6) is -0.572. The van der Waals surface area contributed by atoms with Crippen LogP contribution in [0.3, 0.4) is 0 Å². The monoisotopic (exact) mass is 277 g/mol. The predicted molar refractivity (Wildman–Crippen MR) is 73.5 cm³/mol. The number of hydrogen-bond acceptors (Lipinski definition) is 2. The molecule has 0 aromatic heterocycles. The maximum atomic E-state index is 14.0. The first-order valence-corrected chi connectivity index (χ1v) is 5.82. The predicted octanol–water partition coefficient (Wildman–Crippen LogP) is 4.72. The number of hydrogen-bond donors (Lipinski definition) is 0. The van der Waals surface area contributed by atoms with Crippen molar-refractivity contribution >= 4 is 29.2 Å². The van der Waals surface area contributed by atoms with Gasteiger partial charge in [-0.05, 0) is 17.7 Å². The van der Waals surface area contributed by atoms with E-state index in [-0.39, 0.29) is 11.3 Å². The molecule has 2 aromatic rings. The highest BCUT2D eigenvalue weighted by atomic mass is 35.5. The molecule has 3 nitrogen and oxygen atoms in total. The second-order valence-corrected chi connectivity index (χ2v) is 4.23. The summed E-state index contributed by atoms with van der Waals surface area (Å²) in [5.41, 5.74) is 0.516. The summed E-state index contributed by atoms with van der Waals surface area (Å²) in [5, 5.41) is 11.1. The van der Waals surface area contributed by atoms with E-state index >= 15 is 0 Å². The van der Waals surface area contributed by atoms with Crippen LogP contribution < -0.4 is 0 Å². The van der Waals surface area contributed by atoms with E-state index in [1.54, 1.807) is 24.3 Å². The van der Waals surface area contributed by atoms with Crippen molar-refractivity contribution in [2.24, 2.45) is 0 Å². The summed E-state index contributed by atoms with van der Waals surface area (Å²) in [7, 11) is 0. The van der Waals surface area contributed by atoms with Crippen LogP contribution in [0.15, 0.2) is 48.5 Å². The zero-order valence-electron chi connectivity index (χ0n) is 9.72. The van der Waals surface area contributed by atoms with Crippen LogP contribution in [-0.2, 0) is 0 Å². The number of nitro groups is 1. The van der Waals surface area contributed by atoms with Gasteiger partial charge in [-0.2, -0.15) is 0 Å². The highest BCUT2D eigenvalue weighted by molar-refractivity contribution is 6.32. The zero-order valence-corrected chi connectivity index (χ0v) is 10.5. The van der Waals surface area contributed by atoms with Crippen LogP contribution in [0.1, 0.15) is 11.1 Å². The van der Waals surface area contributed by atoms with Crippen molar-refractivity contribution in [2.45, 2.75) is 0 Å². The van der Waals surface area contributed by atoms with Crippen molar-refractivity contribution in [1.82, 2.24) is 0 Å². The lowest BCUT2D eigenvalue weighted by molar-refractivity contribution is -0.384. The van der Waals surface area contributed by atoms with Gasteiger partial charge in [0.25, 0.3) is 5.69 Å². The first-order chi connectivity index (χ1) is 9.08. The van der Waals surface area contributed by atoms with E-state index in [9.17, 15) is 14.5 Å². The van der Waals surface area contributed by atoms with Gasteiger partial charge >= 0.3 is 0 Å². The minimum atomic E-state index is -0.572. The molecular weight excluding hydrogens is 269 g/mol. The van der Waals surface area contributed by atoms with Crippen LogP contribution >= 0.6 is 11.6 Å². The zero-order chi connectivity index (χ0) is 13.8. The van der Waals surface area contributed by atoms with Gasteiger partial charge in [-0.25, -0.2) is 4.39 Å². The Morgan fingerprint density at radius 1 is 1.21 bits per heavy atom. The third-order valence-corrected chi connectivity index (χ3v) is 2.86. The second-order valence-electron chi connectivity index (χ2n) is 3.82. The van der Waals surface area contributed by atoms with Gasteiger partial charge < -0.3 is 0 Å². The number of nitro benzene ring substituents is 1. The fourth-order valence-corrected chi connectivity index (χ4v) is 1.77. The lowest BCUT2D eigenvalue weighted by Crippen LogP contribution is -1.88. The van der Waals surface area contributed by atoms with Crippen LogP contribution in [0.5, 0.6) is 0 Å². The van der Waals surface area contributed by atoms with Gasteiger partial charge in [-0.15, -0.1) is 0 Å². The second kappa shape index (κ2) is 5.63. The molecule has 0 aliphatic rings. The normalized spacial score (nSPS) is 11.4. The molecule has 2 aromatic carbocycles. The number of nitrogens with zero attached hydrogens (tertiary/aromatic N) is 1. The fraction of sp³-hybridized carbons (Fsp3) is 0. The molecule has 0 aliphatic heterocycles. The summed E-state index contributed by atoms with van der Waals surface area (Å²) in [4.78, 5) is 10.1. The maximum absolute atomic E-state index is 14.0. The summed E-state index contributed by atoms with van der Waals surface area (Å²) in [6.45, 7) is 0. The number of halogens is 2. The molecule has 0 spiro atoms. The average molecular weight is 278 g/mol. The molecule has 5 heteroatoms. The topological polar surface area (TPSA) is 43.1 Å². The number of benzene rings is 2. The molecule has 0 fully saturated rings. The molecule has 0 saturated heterocycles. The highest BCUT2D eigenvalue weighted by Crippen LogP contribution is 2.25. The van der Waals surface area contributed by atoms with Crippen LogP contribution in [-0.4, -0.2) is 4.92 Å². The maximum Gasteiger partial charge on any atom is 0.270 e. The SMILES string of the molecule is O=[N+]([O-])c1cccc(/C(F)=C\c2ccccc2Cl)c1. The van der Waals surface area contributed by atoms with Crippen LogP contribution in [0.2, 0.25) is 5.02 Å². The van der Waals surface area contributed by atoms with E-state index < -0.39 is 10.8 Å². The van der Waals surface area contributed by atoms with Crippen molar-refractivity contribution in [3.63, 3.8) is 0 Å². The Morgan fingerprint density at radius 2 is 1.95 bits per heavy atom. The Bertz CT molecular complexity index is 655. The van der Waals surface area contributed by atoms with E-state index in [0.29, 0.717) is 10.6 Å². The van der Waals surface area contributed by atoms with Gasteiger partial charge in [-0.3, -0.25) is 10.1 Å². The van der Waals surface area contributed by atoms with Crippen LogP contribution in [0, 0.1) is 10.1 Å². The molecule has 19 heavy (non-hydrogen) atoms. The largest absolute Gasteiger partial charge is 0.270 e. The van der Waals surface area contributed by atoms with E-state index in [2.05, 4.69) is 0 Å². The minimum absolute atomic E-state index is 0.147. The molecule has 0 radical (unpaired) electrons. The van der Waals surface area contributed by atoms with Crippen molar-refractivity contribution < 1.29 is 9.31 Å². The van der Waals surface area contributed by atoms with Gasteiger partial charge in [0.05, 0.1) is 4.92 Å². The molecule has 0 heterocycles. The van der Waals surface area contributed by atoms with E-state index in [0.717, 1.165) is 0 Å². The Morgan fingerprint density at radius 3 is 2.63 bits per heavy atom. The first-order valence-electron chi connectivity index (χ1n) is 5.44. The molecule has 0 N–H and O–H groups in total. The number of rotatable bonds is 3. The van der Waals surface area contributed by atoms with E-state index in [1.165, 1.54) is 30.3 Å². The van der Waals surface area contributed by atoms with Gasteiger partial charge in [0, 0.05) is 22.7 Å². The highest BCUT2D eigenvalue weighted by Gasteiger charge is 2.09. The molecular formula is C14H9ClFNO2. The van der Waals surface area contributed by atoms with Crippen LogP contribution in [0.4, 0.5) is 10.1 Å². The summed E-state index contributed by atoms with van der Waals surface area (Å²) in [6.07, 6.45) is 1.25. The summed E-state index contributed by atoms with van der Waals surface area (Å²) < 4.78 is 14.0. The molecule has 0 atom stereocenters. The fourth-order valence-electron chi connectivity index (χ4n) is 1.58. The Labute approximate surface area is 114 Å². The Kier molecular flexibility index (Phi) is 3.92. The third kappa shape index (κ3) is 3.17. The Hall–Kier alpha value is -2.20. The van der Waals surface area contributed by atoms with Crippen molar-refractivity contribution in [1.29, 1.82) is 0 Å². The van der Waals surface area contributed by atoms with E-state index in [1.807, 2.05) is 0 Å². The molecule has 0 unspecified atom stereocenters. The third-order valence-electron chi connectivity index (χ3n) is 2.52. The van der Waals surface area contributed by atoms with E-state index in [4.69, 9.17) is 11.6 Å². The lowest BCUT2D eigenvalue weighted by Gasteiger charge is -2.00. The molecule has 0 saturated carbocycles. The average Bonchev–Trinajstić information content (AvgIpc) is 2.41. The van der Waals surface area contributed by atoms with Crippen molar-refractivity contribution in [3.05, 3.63) is 74.8 Å². The molecule has 0 amide bonds. The van der Waals surface area contributed by atoms with Crippen molar-refractivity contribution in [2.75, 3.05) is 0 Å². The minimum Gasteiger partial charge on any atom is -0.258 e. The molecule has 0 bridgehead atoms. The quantitative estimate of drug-likeness (QED) is 0.463. The number of non-ortho nitro benzene ring substituents is 1. The van der Waals surface area contributed by atoms with Gasteiger partial charge in [0.2, 0.25) is 0 Å². The van der Waals surface area contributed by atoms with Gasteiger partial charge in [-0.1, -0.05) is 41.9 Å². The summed E-state index contributed by atoms with van der Waals surface area (Å²) in [6, 6.07) is 12.2. The smallest absolute Gasteiger partial charge is 0.258 e. The standard InChI is InChI=1S/C14H9ClFNO2/c15-13-7-2-1-4-10(13)9-14(16)11-5-3-6-12(8-11)17(18)19/h1-9H/b14-9+. The van der Waals surface area contributed by atoms with Gasteiger partial charge in [0.15, 0.2) is 0 Å². The Balaban J connectivity index is 2.39. The summed E-state index contributed by atoms with van der Waals surface area (Å²) >= 11 is 5.92. The van der Waals surface area contributed by atoms with Crippen molar-refractivity contribution in [3.8, 4) is 0 Å². The molecule has 96 valence electrons. The molecule has 0 aliphatic carbocycles. The lowest BCUT2D eigenvalue weighted by atomic mass is 10.1. The first kappa shape index (κ1) is 13.2. The molecule has 2 rings (SSSR count).